The van der Waals surface area contributed by atoms with Crippen molar-refractivity contribution >= 4 is 22.6 Å². The molecule has 6 heteroatoms. The Bertz CT molecular complexity index is 1110. The molecule has 4 rings (SSSR count). The third-order valence-corrected chi connectivity index (χ3v) is 5.40. The van der Waals surface area contributed by atoms with Crippen LogP contribution in [0.15, 0.2) is 66.7 Å². The topological polar surface area (TPSA) is 59.2 Å². The van der Waals surface area contributed by atoms with E-state index in [1.165, 1.54) is 0 Å². The fraction of sp³-hybridized carbons (Fsp3) is 0.269. The second-order valence-electron chi connectivity index (χ2n) is 7.61. The normalized spacial score (nSPS) is 11.1. The number of aromatic amines is 1. The van der Waals surface area contributed by atoms with Crippen molar-refractivity contribution in [2.75, 3.05) is 13.2 Å². The molecule has 0 atom stereocenters. The number of rotatable bonds is 11. The maximum atomic E-state index is 5.99. The van der Waals surface area contributed by atoms with E-state index in [0.717, 1.165) is 70.4 Å². The largest absolute Gasteiger partial charge is 0.490 e. The van der Waals surface area contributed by atoms with Crippen LogP contribution in [0.4, 0.5) is 0 Å². The summed E-state index contributed by atoms with van der Waals surface area (Å²) >= 11 is 5.95. The lowest BCUT2D eigenvalue weighted by Crippen LogP contribution is -2.15. The molecular formula is C26H28ClN3O2. The third-order valence-electron chi connectivity index (χ3n) is 5.15. The van der Waals surface area contributed by atoms with Crippen LogP contribution in [-0.2, 0) is 19.6 Å². The Morgan fingerprint density at radius 1 is 0.938 bits per heavy atom. The Balaban J connectivity index is 1.26. The van der Waals surface area contributed by atoms with Gasteiger partial charge in [-0.25, -0.2) is 4.98 Å². The molecule has 5 nitrogen and oxygen atoms in total. The summed E-state index contributed by atoms with van der Waals surface area (Å²) in [5.41, 5.74) is 4.35. The van der Waals surface area contributed by atoms with E-state index in [9.17, 15) is 0 Å². The predicted molar refractivity (Wildman–Crippen MR) is 130 cm³/mol. The van der Waals surface area contributed by atoms with Crippen LogP contribution in [0.25, 0.3) is 11.0 Å². The first-order chi connectivity index (χ1) is 15.7. The highest BCUT2D eigenvalue weighted by Gasteiger charge is 2.08. The molecule has 166 valence electrons. The summed E-state index contributed by atoms with van der Waals surface area (Å²) in [6, 6.07) is 21.9. The molecule has 0 bridgehead atoms. The molecule has 1 aromatic heterocycles. The second kappa shape index (κ2) is 11.0. The van der Waals surface area contributed by atoms with Gasteiger partial charge in [0.2, 0.25) is 0 Å². The molecule has 0 saturated carbocycles. The summed E-state index contributed by atoms with van der Waals surface area (Å²) in [4.78, 5) is 8.02. The van der Waals surface area contributed by atoms with Gasteiger partial charge in [0.15, 0.2) is 11.5 Å². The third kappa shape index (κ3) is 6.02. The number of imidazole rings is 1. The minimum atomic E-state index is 0.469. The molecule has 2 N–H and O–H groups in total. The van der Waals surface area contributed by atoms with Crippen LogP contribution >= 0.6 is 11.6 Å². The van der Waals surface area contributed by atoms with E-state index in [4.69, 9.17) is 21.1 Å². The van der Waals surface area contributed by atoms with Gasteiger partial charge in [-0.3, -0.25) is 0 Å². The molecule has 3 aromatic carbocycles. The average molecular weight is 450 g/mol. The van der Waals surface area contributed by atoms with E-state index in [-0.39, 0.29) is 0 Å². The summed E-state index contributed by atoms with van der Waals surface area (Å²) in [5.74, 6) is 2.55. The molecule has 0 spiro atoms. The average Bonchev–Trinajstić information content (AvgIpc) is 3.22. The van der Waals surface area contributed by atoms with Gasteiger partial charge in [-0.1, -0.05) is 41.9 Å². The number of nitrogens with one attached hydrogen (secondary N) is 2. The van der Waals surface area contributed by atoms with E-state index < -0.39 is 0 Å². The maximum Gasteiger partial charge on any atom is 0.161 e. The van der Waals surface area contributed by atoms with Crippen molar-refractivity contribution in [2.24, 2.45) is 0 Å². The van der Waals surface area contributed by atoms with Gasteiger partial charge in [-0.2, -0.15) is 0 Å². The van der Waals surface area contributed by atoms with Crippen LogP contribution in [0.1, 0.15) is 30.3 Å². The molecule has 0 aliphatic rings. The smallest absolute Gasteiger partial charge is 0.161 e. The number of ether oxygens (including phenoxy) is 2. The lowest BCUT2D eigenvalue weighted by atomic mass is 10.2. The highest BCUT2D eigenvalue weighted by molar-refractivity contribution is 6.30. The van der Waals surface area contributed by atoms with Crippen molar-refractivity contribution in [1.82, 2.24) is 15.3 Å². The summed E-state index contributed by atoms with van der Waals surface area (Å²) in [6.45, 7) is 4.72. The molecule has 0 unspecified atom stereocenters. The molecule has 0 aliphatic carbocycles. The Hall–Kier alpha value is -3.02. The Kier molecular flexibility index (Phi) is 7.64. The molecular weight excluding hydrogens is 422 g/mol. The Morgan fingerprint density at radius 3 is 2.56 bits per heavy atom. The number of hydrogen-bond donors (Lipinski definition) is 2. The van der Waals surface area contributed by atoms with Crippen molar-refractivity contribution in [3.63, 3.8) is 0 Å². The van der Waals surface area contributed by atoms with Crippen LogP contribution in [0, 0.1) is 0 Å². The lowest BCUT2D eigenvalue weighted by molar-refractivity contribution is 0.269. The number of hydrogen-bond acceptors (Lipinski definition) is 4. The molecule has 0 amide bonds. The number of benzene rings is 3. The van der Waals surface area contributed by atoms with Gasteiger partial charge in [0.05, 0.1) is 17.6 Å². The zero-order chi connectivity index (χ0) is 22.2. The quantitative estimate of drug-likeness (QED) is 0.279. The van der Waals surface area contributed by atoms with Crippen molar-refractivity contribution in [2.45, 2.75) is 32.9 Å². The first kappa shape index (κ1) is 22.2. The number of nitrogens with zero attached hydrogens (tertiary/aromatic N) is 1. The van der Waals surface area contributed by atoms with E-state index in [1.807, 2.05) is 61.5 Å². The molecule has 0 aliphatic heterocycles. The van der Waals surface area contributed by atoms with Crippen LogP contribution in [0.5, 0.6) is 11.5 Å². The minimum absolute atomic E-state index is 0.469. The zero-order valence-corrected chi connectivity index (χ0v) is 19.0. The number of fused-ring (bicyclic) bond motifs is 1. The van der Waals surface area contributed by atoms with Crippen molar-refractivity contribution in [3.05, 3.63) is 88.7 Å². The van der Waals surface area contributed by atoms with Crippen molar-refractivity contribution in [3.8, 4) is 11.5 Å². The van der Waals surface area contributed by atoms with Crippen molar-refractivity contribution < 1.29 is 9.47 Å². The van der Waals surface area contributed by atoms with E-state index in [0.29, 0.717) is 13.2 Å². The Morgan fingerprint density at radius 2 is 1.75 bits per heavy atom. The number of aromatic nitrogens is 2. The number of aryl methyl sites for hydroxylation is 1. The van der Waals surface area contributed by atoms with Gasteiger partial charge in [-0.15, -0.1) is 0 Å². The van der Waals surface area contributed by atoms with Crippen LogP contribution in [-0.4, -0.2) is 23.1 Å². The van der Waals surface area contributed by atoms with Crippen molar-refractivity contribution in [1.29, 1.82) is 0 Å². The van der Waals surface area contributed by atoms with Gasteiger partial charge >= 0.3 is 0 Å². The highest BCUT2D eigenvalue weighted by Crippen LogP contribution is 2.29. The van der Waals surface area contributed by atoms with Gasteiger partial charge in [0.25, 0.3) is 0 Å². The molecule has 0 radical (unpaired) electrons. The molecule has 4 aromatic rings. The van der Waals surface area contributed by atoms with Gasteiger partial charge in [-0.05, 0) is 67.4 Å². The number of halogens is 1. The van der Waals surface area contributed by atoms with Crippen LogP contribution < -0.4 is 14.8 Å². The van der Waals surface area contributed by atoms with Crippen LogP contribution in [0.2, 0.25) is 5.02 Å². The zero-order valence-electron chi connectivity index (χ0n) is 18.2. The molecule has 0 fully saturated rings. The van der Waals surface area contributed by atoms with Crippen LogP contribution in [0.3, 0.4) is 0 Å². The van der Waals surface area contributed by atoms with Gasteiger partial charge < -0.3 is 19.8 Å². The van der Waals surface area contributed by atoms with E-state index >= 15 is 0 Å². The molecule has 32 heavy (non-hydrogen) atoms. The predicted octanol–water partition coefficient (Wildman–Crippen LogP) is 5.92. The number of para-hydroxylation sites is 2. The van der Waals surface area contributed by atoms with E-state index in [1.54, 1.807) is 0 Å². The maximum absolute atomic E-state index is 5.99. The standard InChI is InChI=1S/C26H28ClN3O2/c1-2-31-25-16-20(11-14-24(25)32-18-19-9-12-21(27)13-10-19)17-28-15-5-8-26-29-22-6-3-4-7-23(22)30-26/h3-4,6-7,9-14,16,28H,2,5,8,15,17-18H2,1H3,(H,29,30). The lowest BCUT2D eigenvalue weighted by Gasteiger charge is -2.14. The summed E-state index contributed by atoms with van der Waals surface area (Å²) in [5, 5.41) is 4.23. The SMILES string of the molecule is CCOc1cc(CNCCCc2nc3ccccc3[nH]2)ccc1OCc1ccc(Cl)cc1. The highest BCUT2D eigenvalue weighted by atomic mass is 35.5. The first-order valence-corrected chi connectivity index (χ1v) is 11.4. The number of H-pyrrole nitrogens is 1. The van der Waals surface area contributed by atoms with Gasteiger partial charge in [0.1, 0.15) is 12.4 Å². The van der Waals surface area contributed by atoms with Gasteiger partial charge in [0, 0.05) is 18.0 Å². The summed E-state index contributed by atoms with van der Waals surface area (Å²) in [6.07, 6.45) is 1.93. The summed E-state index contributed by atoms with van der Waals surface area (Å²) in [7, 11) is 0. The minimum Gasteiger partial charge on any atom is -0.490 e. The second-order valence-corrected chi connectivity index (χ2v) is 8.05. The van der Waals surface area contributed by atoms with E-state index in [2.05, 4.69) is 27.4 Å². The monoisotopic (exact) mass is 449 g/mol. The fourth-order valence-electron chi connectivity index (χ4n) is 3.53. The molecule has 0 saturated heterocycles. The fourth-order valence-corrected chi connectivity index (χ4v) is 3.66. The Labute approximate surface area is 193 Å². The molecule has 1 heterocycles. The first-order valence-electron chi connectivity index (χ1n) is 11.0. The summed E-state index contributed by atoms with van der Waals surface area (Å²) < 4.78 is 11.8.